The second-order valence-electron chi connectivity index (χ2n) is 4.06. The van der Waals surface area contributed by atoms with Gasteiger partial charge in [-0.25, -0.2) is 4.98 Å². The minimum Gasteiger partial charge on any atom is -0.396 e. The third-order valence-electron chi connectivity index (χ3n) is 2.58. The van der Waals surface area contributed by atoms with Gasteiger partial charge in [0.1, 0.15) is 11.9 Å². The Labute approximate surface area is 123 Å². The number of alkyl halides is 3. The van der Waals surface area contributed by atoms with E-state index in [2.05, 4.69) is 10.3 Å². The molecule has 1 aromatic carbocycles. The van der Waals surface area contributed by atoms with Crippen molar-refractivity contribution in [3.8, 4) is 6.07 Å². The molecule has 0 atom stereocenters. The number of benzene rings is 1. The van der Waals surface area contributed by atoms with Crippen molar-refractivity contribution in [2.24, 2.45) is 0 Å². The first-order valence-electron chi connectivity index (χ1n) is 5.61. The molecule has 0 fully saturated rings. The molecule has 1 heterocycles. The van der Waals surface area contributed by atoms with Crippen LogP contribution in [0.1, 0.15) is 11.3 Å². The molecule has 0 saturated carbocycles. The van der Waals surface area contributed by atoms with Gasteiger partial charge in [0.05, 0.1) is 16.9 Å². The third kappa shape index (κ3) is 3.35. The van der Waals surface area contributed by atoms with Crippen molar-refractivity contribution in [2.45, 2.75) is 6.18 Å². The zero-order chi connectivity index (χ0) is 15.6. The molecule has 0 unspecified atom stereocenters. The molecule has 108 valence electrons. The lowest BCUT2D eigenvalue weighted by Crippen LogP contribution is -2.09. The number of halogens is 4. The van der Waals surface area contributed by atoms with E-state index < -0.39 is 11.7 Å². The van der Waals surface area contributed by atoms with Crippen molar-refractivity contribution in [1.29, 1.82) is 5.26 Å². The highest BCUT2D eigenvalue weighted by Crippen LogP contribution is 2.37. The first-order chi connectivity index (χ1) is 9.81. The Morgan fingerprint density at radius 2 is 1.95 bits per heavy atom. The van der Waals surface area contributed by atoms with Crippen molar-refractivity contribution in [3.63, 3.8) is 0 Å². The molecule has 0 amide bonds. The Bertz CT molecular complexity index is 722. The summed E-state index contributed by atoms with van der Waals surface area (Å²) in [6, 6.07) is 7.84. The Kier molecular flexibility index (Phi) is 3.91. The summed E-state index contributed by atoms with van der Waals surface area (Å²) in [4.78, 5) is 3.83. The Morgan fingerprint density at radius 1 is 1.24 bits per heavy atom. The number of hydrogen-bond acceptors (Lipinski definition) is 4. The van der Waals surface area contributed by atoms with E-state index in [9.17, 15) is 13.2 Å². The summed E-state index contributed by atoms with van der Waals surface area (Å²) in [7, 11) is 0. The fraction of sp³-hybridized carbons (Fsp3) is 0.0769. The summed E-state index contributed by atoms with van der Waals surface area (Å²) in [6.07, 6.45) is -4.57. The molecule has 0 radical (unpaired) electrons. The molecule has 3 N–H and O–H groups in total. The lowest BCUT2D eigenvalue weighted by atomic mass is 10.1. The smallest absolute Gasteiger partial charge is 0.396 e. The lowest BCUT2D eigenvalue weighted by Gasteiger charge is -2.14. The second-order valence-corrected chi connectivity index (χ2v) is 4.50. The van der Waals surface area contributed by atoms with Gasteiger partial charge in [-0.1, -0.05) is 11.6 Å². The monoisotopic (exact) mass is 312 g/mol. The van der Waals surface area contributed by atoms with Crippen molar-refractivity contribution < 1.29 is 13.2 Å². The van der Waals surface area contributed by atoms with E-state index in [1.807, 2.05) is 0 Å². The molecule has 2 rings (SSSR count). The minimum absolute atomic E-state index is 0.0316. The Morgan fingerprint density at radius 3 is 2.57 bits per heavy atom. The lowest BCUT2D eigenvalue weighted by molar-refractivity contribution is -0.136. The van der Waals surface area contributed by atoms with Crippen molar-refractivity contribution >= 4 is 28.8 Å². The summed E-state index contributed by atoms with van der Waals surface area (Å²) < 4.78 is 38.8. The van der Waals surface area contributed by atoms with Crippen molar-refractivity contribution in [2.75, 3.05) is 11.1 Å². The topological polar surface area (TPSA) is 74.7 Å². The fourth-order valence-electron chi connectivity index (χ4n) is 1.63. The molecular formula is C13H8ClF3N4. The second kappa shape index (κ2) is 5.50. The number of nitriles is 1. The maximum atomic E-state index is 12.9. The van der Waals surface area contributed by atoms with Crippen LogP contribution >= 0.6 is 11.6 Å². The van der Waals surface area contributed by atoms with E-state index in [0.717, 1.165) is 6.07 Å². The van der Waals surface area contributed by atoms with E-state index in [4.69, 9.17) is 22.6 Å². The molecule has 1 aromatic heterocycles. The summed E-state index contributed by atoms with van der Waals surface area (Å²) >= 11 is 5.59. The summed E-state index contributed by atoms with van der Waals surface area (Å²) in [6.45, 7) is 0. The van der Waals surface area contributed by atoms with Crippen LogP contribution in [0.3, 0.4) is 0 Å². The van der Waals surface area contributed by atoms with Gasteiger partial charge in [-0.05, 0) is 30.3 Å². The Balaban J connectivity index is 2.43. The zero-order valence-electron chi connectivity index (χ0n) is 10.4. The van der Waals surface area contributed by atoms with Crippen LogP contribution in [0.25, 0.3) is 0 Å². The maximum absolute atomic E-state index is 12.9. The molecule has 8 heteroatoms. The van der Waals surface area contributed by atoms with Crippen LogP contribution in [0.2, 0.25) is 5.02 Å². The summed E-state index contributed by atoms with van der Waals surface area (Å²) in [5.41, 5.74) is 4.44. The fourth-order valence-corrected chi connectivity index (χ4v) is 1.80. The van der Waals surface area contributed by atoms with Gasteiger partial charge in [0.2, 0.25) is 0 Å². The number of rotatable bonds is 2. The van der Waals surface area contributed by atoms with Crippen molar-refractivity contribution in [3.05, 3.63) is 46.6 Å². The zero-order valence-corrected chi connectivity index (χ0v) is 11.1. The number of nitrogens with zero attached hydrogens (tertiary/aromatic N) is 2. The number of nitrogen functional groups attached to an aromatic ring is 1. The summed E-state index contributed by atoms with van der Waals surface area (Å²) in [5, 5.41) is 11.3. The molecule has 4 nitrogen and oxygen atoms in total. The molecule has 0 aliphatic carbocycles. The third-order valence-corrected chi connectivity index (χ3v) is 2.82. The van der Waals surface area contributed by atoms with E-state index >= 15 is 0 Å². The van der Waals surface area contributed by atoms with Gasteiger partial charge in [0.25, 0.3) is 0 Å². The molecule has 0 spiro atoms. The molecule has 0 saturated heterocycles. The predicted octanol–water partition coefficient (Wildman–Crippen LogP) is 3.95. The first-order valence-corrected chi connectivity index (χ1v) is 5.99. The van der Waals surface area contributed by atoms with Crippen LogP contribution < -0.4 is 11.1 Å². The van der Waals surface area contributed by atoms with E-state index in [-0.39, 0.29) is 27.9 Å². The van der Waals surface area contributed by atoms with Crippen LogP contribution in [-0.4, -0.2) is 4.98 Å². The normalized spacial score (nSPS) is 11.0. The highest BCUT2D eigenvalue weighted by Gasteiger charge is 2.33. The number of anilines is 3. The van der Waals surface area contributed by atoms with Gasteiger partial charge < -0.3 is 11.1 Å². The summed E-state index contributed by atoms with van der Waals surface area (Å²) in [5.74, 6) is 0.0774. The SMILES string of the molecule is N#Cc1nc(Nc2ccc(Cl)cc2C(F)(F)F)ccc1N. The number of aromatic nitrogens is 1. The van der Waals surface area contributed by atoms with Crippen LogP contribution in [-0.2, 0) is 6.18 Å². The quantitative estimate of drug-likeness (QED) is 0.880. The average Bonchev–Trinajstić information content (AvgIpc) is 2.41. The van der Waals surface area contributed by atoms with Gasteiger partial charge in [0, 0.05) is 5.02 Å². The van der Waals surface area contributed by atoms with Gasteiger partial charge in [-0.2, -0.15) is 18.4 Å². The Hall–Kier alpha value is -2.46. The van der Waals surface area contributed by atoms with E-state index in [0.29, 0.717) is 0 Å². The minimum atomic E-state index is -4.57. The van der Waals surface area contributed by atoms with Gasteiger partial charge in [0.15, 0.2) is 5.69 Å². The molecule has 0 bridgehead atoms. The van der Waals surface area contributed by atoms with E-state index in [1.54, 1.807) is 6.07 Å². The largest absolute Gasteiger partial charge is 0.418 e. The number of hydrogen-bond donors (Lipinski definition) is 2. The molecule has 0 aliphatic heterocycles. The van der Waals surface area contributed by atoms with Gasteiger partial charge in [-0.3, -0.25) is 0 Å². The predicted molar refractivity (Wildman–Crippen MR) is 73.1 cm³/mol. The average molecular weight is 313 g/mol. The highest BCUT2D eigenvalue weighted by atomic mass is 35.5. The molecule has 21 heavy (non-hydrogen) atoms. The molecule has 0 aliphatic rings. The van der Waals surface area contributed by atoms with Crippen LogP contribution in [0.15, 0.2) is 30.3 Å². The first kappa shape index (κ1) is 14.9. The van der Waals surface area contributed by atoms with Crippen LogP contribution in [0.4, 0.5) is 30.4 Å². The highest BCUT2D eigenvalue weighted by molar-refractivity contribution is 6.30. The van der Waals surface area contributed by atoms with Crippen LogP contribution in [0, 0.1) is 11.3 Å². The number of nitrogens with one attached hydrogen (secondary N) is 1. The van der Waals surface area contributed by atoms with Gasteiger partial charge in [-0.15, -0.1) is 0 Å². The number of nitrogens with two attached hydrogens (primary N) is 1. The standard InChI is InChI=1S/C13H8ClF3N4/c14-7-1-3-10(8(5-7)13(15,16)17)20-12-4-2-9(19)11(6-18)21-12/h1-5H,19H2,(H,20,21). The van der Waals surface area contributed by atoms with Crippen molar-refractivity contribution in [1.82, 2.24) is 4.98 Å². The molecular weight excluding hydrogens is 305 g/mol. The van der Waals surface area contributed by atoms with E-state index in [1.165, 1.54) is 24.3 Å². The van der Waals surface area contributed by atoms with Crippen LogP contribution in [0.5, 0.6) is 0 Å². The van der Waals surface area contributed by atoms with Gasteiger partial charge >= 0.3 is 6.18 Å². The molecule has 2 aromatic rings. The maximum Gasteiger partial charge on any atom is 0.418 e. The number of pyridine rings is 1.